The number of aromatic nitrogens is 1. The maximum Gasteiger partial charge on any atom is 0.252 e. The van der Waals surface area contributed by atoms with Crippen LogP contribution in [0.1, 0.15) is 15.9 Å². The summed E-state index contributed by atoms with van der Waals surface area (Å²) in [4.78, 5) is 14.9. The quantitative estimate of drug-likeness (QED) is 0.867. The monoisotopic (exact) mass is 356 g/mol. The van der Waals surface area contributed by atoms with Crippen LogP contribution in [0.5, 0.6) is 0 Å². The molecule has 0 aliphatic heterocycles. The van der Waals surface area contributed by atoms with E-state index in [4.69, 9.17) is 0 Å². The molecule has 17 heavy (non-hydrogen) atoms. The molecule has 1 heterocycles. The fourth-order valence-electron chi connectivity index (χ4n) is 1.42. The van der Waals surface area contributed by atoms with Crippen molar-refractivity contribution in [1.82, 2.24) is 10.3 Å². The Morgan fingerprint density at radius 3 is 2.76 bits per heavy atom. The molecule has 1 aromatic heterocycles. The van der Waals surface area contributed by atoms with E-state index < -0.39 is 0 Å². The lowest BCUT2D eigenvalue weighted by molar-refractivity contribution is 0.0950. The van der Waals surface area contributed by atoms with E-state index in [0.29, 0.717) is 12.1 Å². The molecule has 0 saturated heterocycles. The number of carbonyl (C=O) groups excluding carboxylic acids is 1. The number of H-pyrrole nitrogens is 1. The van der Waals surface area contributed by atoms with E-state index in [1.807, 2.05) is 30.6 Å². The SMILES string of the molecule is O=C(NCc1cc[nH]c1)c1ccc(Br)cc1Br. The number of rotatable bonds is 3. The van der Waals surface area contributed by atoms with Crippen LogP contribution in [0, 0.1) is 0 Å². The average molecular weight is 358 g/mol. The number of nitrogens with one attached hydrogen (secondary N) is 2. The molecule has 2 rings (SSSR count). The molecule has 0 atom stereocenters. The summed E-state index contributed by atoms with van der Waals surface area (Å²) in [6.45, 7) is 0.519. The second kappa shape index (κ2) is 5.51. The first-order chi connectivity index (χ1) is 8.16. The third-order valence-corrected chi connectivity index (χ3v) is 3.44. The molecular formula is C12H10Br2N2O. The normalized spacial score (nSPS) is 10.2. The maximum atomic E-state index is 11.9. The van der Waals surface area contributed by atoms with Crippen LogP contribution in [0.2, 0.25) is 0 Å². The number of hydrogen-bond acceptors (Lipinski definition) is 1. The van der Waals surface area contributed by atoms with Gasteiger partial charge >= 0.3 is 0 Å². The molecule has 0 radical (unpaired) electrons. The van der Waals surface area contributed by atoms with Gasteiger partial charge in [-0.15, -0.1) is 0 Å². The van der Waals surface area contributed by atoms with Crippen molar-refractivity contribution in [1.29, 1.82) is 0 Å². The Morgan fingerprint density at radius 1 is 1.29 bits per heavy atom. The van der Waals surface area contributed by atoms with Crippen molar-refractivity contribution in [2.75, 3.05) is 0 Å². The summed E-state index contributed by atoms with van der Waals surface area (Å²) in [6, 6.07) is 7.40. The summed E-state index contributed by atoms with van der Waals surface area (Å²) in [7, 11) is 0. The minimum absolute atomic E-state index is 0.0921. The second-order valence-electron chi connectivity index (χ2n) is 3.53. The first-order valence-electron chi connectivity index (χ1n) is 5.02. The number of halogens is 2. The van der Waals surface area contributed by atoms with Gasteiger partial charge in [-0.1, -0.05) is 15.9 Å². The Bertz CT molecular complexity index is 523. The van der Waals surface area contributed by atoms with Crippen LogP contribution in [0.25, 0.3) is 0 Å². The van der Waals surface area contributed by atoms with E-state index in [9.17, 15) is 4.79 Å². The van der Waals surface area contributed by atoms with Crippen molar-refractivity contribution in [2.24, 2.45) is 0 Å². The van der Waals surface area contributed by atoms with Gasteiger partial charge in [0.2, 0.25) is 0 Å². The summed E-state index contributed by atoms with van der Waals surface area (Å²) in [5.41, 5.74) is 1.68. The highest BCUT2D eigenvalue weighted by Gasteiger charge is 2.09. The molecule has 1 aromatic carbocycles. The van der Waals surface area contributed by atoms with E-state index in [1.165, 1.54) is 0 Å². The minimum Gasteiger partial charge on any atom is -0.367 e. The first kappa shape index (κ1) is 12.4. The van der Waals surface area contributed by atoms with Crippen molar-refractivity contribution < 1.29 is 4.79 Å². The Balaban J connectivity index is 2.04. The van der Waals surface area contributed by atoms with Gasteiger partial charge in [-0.2, -0.15) is 0 Å². The molecule has 0 aliphatic carbocycles. The van der Waals surface area contributed by atoms with Gasteiger partial charge in [-0.05, 0) is 45.8 Å². The Morgan fingerprint density at radius 2 is 2.12 bits per heavy atom. The molecule has 5 heteroatoms. The summed E-state index contributed by atoms with van der Waals surface area (Å²) < 4.78 is 1.71. The third-order valence-electron chi connectivity index (χ3n) is 2.29. The van der Waals surface area contributed by atoms with Crippen molar-refractivity contribution in [3.8, 4) is 0 Å². The van der Waals surface area contributed by atoms with Crippen LogP contribution in [0.15, 0.2) is 45.6 Å². The molecule has 0 saturated carbocycles. The number of carbonyl (C=O) groups is 1. The van der Waals surface area contributed by atoms with Crippen LogP contribution in [0.3, 0.4) is 0 Å². The summed E-state index contributed by atoms with van der Waals surface area (Å²) in [5, 5.41) is 2.86. The highest BCUT2D eigenvalue weighted by atomic mass is 79.9. The van der Waals surface area contributed by atoms with Crippen LogP contribution in [-0.2, 0) is 6.54 Å². The number of benzene rings is 1. The number of hydrogen-bond donors (Lipinski definition) is 2. The summed E-state index contributed by atoms with van der Waals surface area (Å²) in [5.74, 6) is -0.0921. The van der Waals surface area contributed by atoms with Gasteiger partial charge in [0.1, 0.15) is 0 Å². The third kappa shape index (κ3) is 3.20. The van der Waals surface area contributed by atoms with Crippen LogP contribution >= 0.6 is 31.9 Å². The Kier molecular flexibility index (Phi) is 4.02. The zero-order valence-electron chi connectivity index (χ0n) is 8.84. The lowest BCUT2D eigenvalue weighted by Gasteiger charge is -2.06. The van der Waals surface area contributed by atoms with E-state index in [0.717, 1.165) is 14.5 Å². The molecule has 0 unspecified atom stereocenters. The lowest BCUT2D eigenvalue weighted by Crippen LogP contribution is -2.22. The van der Waals surface area contributed by atoms with Gasteiger partial charge in [0, 0.05) is 27.9 Å². The summed E-state index contributed by atoms with van der Waals surface area (Å²) >= 11 is 6.72. The topological polar surface area (TPSA) is 44.9 Å². The minimum atomic E-state index is -0.0921. The molecule has 3 nitrogen and oxygen atoms in total. The average Bonchev–Trinajstić information content (AvgIpc) is 2.78. The molecule has 0 bridgehead atoms. The largest absolute Gasteiger partial charge is 0.367 e. The molecule has 2 aromatic rings. The second-order valence-corrected chi connectivity index (χ2v) is 5.30. The number of aromatic amines is 1. The highest BCUT2D eigenvalue weighted by Crippen LogP contribution is 2.21. The van der Waals surface area contributed by atoms with Crippen molar-refractivity contribution in [3.05, 3.63) is 56.7 Å². The van der Waals surface area contributed by atoms with E-state index in [-0.39, 0.29) is 5.91 Å². The van der Waals surface area contributed by atoms with Crippen molar-refractivity contribution in [3.63, 3.8) is 0 Å². The zero-order valence-corrected chi connectivity index (χ0v) is 12.0. The van der Waals surface area contributed by atoms with E-state index >= 15 is 0 Å². The Labute approximate surface area is 116 Å². The highest BCUT2D eigenvalue weighted by molar-refractivity contribution is 9.11. The predicted molar refractivity (Wildman–Crippen MR) is 73.8 cm³/mol. The van der Waals surface area contributed by atoms with E-state index in [2.05, 4.69) is 42.2 Å². The predicted octanol–water partition coefficient (Wildman–Crippen LogP) is 3.47. The van der Waals surface area contributed by atoms with Crippen LogP contribution < -0.4 is 5.32 Å². The van der Waals surface area contributed by atoms with Crippen LogP contribution in [-0.4, -0.2) is 10.9 Å². The molecule has 1 amide bonds. The van der Waals surface area contributed by atoms with Gasteiger partial charge in [-0.3, -0.25) is 4.79 Å². The summed E-state index contributed by atoms with van der Waals surface area (Å²) in [6.07, 6.45) is 3.69. The fraction of sp³-hybridized carbons (Fsp3) is 0.0833. The zero-order chi connectivity index (χ0) is 12.3. The van der Waals surface area contributed by atoms with Crippen molar-refractivity contribution in [2.45, 2.75) is 6.54 Å². The van der Waals surface area contributed by atoms with Gasteiger partial charge in [0.15, 0.2) is 0 Å². The molecule has 0 fully saturated rings. The van der Waals surface area contributed by atoms with Crippen LogP contribution in [0.4, 0.5) is 0 Å². The molecule has 88 valence electrons. The standard InChI is InChI=1S/C12H10Br2N2O/c13-9-1-2-10(11(14)5-9)12(17)16-7-8-3-4-15-6-8/h1-6,15H,7H2,(H,16,17). The van der Waals surface area contributed by atoms with Gasteiger partial charge in [0.05, 0.1) is 5.56 Å². The van der Waals surface area contributed by atoms with Gasteiger partial charge < -0.3 is 10.3 Å². The first-order valence-corrected chi connectivity index (χ1v) is 6.60. The molecule has 0 aliphatic rings. The Hall–Kier alpha value is -1.07. The van der Waals surface area contributed by atoms with Gasteiger partial charge in [0.25, 0.3) is 5.91 Å². The van der Waals surface area contributed by atoms with E-state index in [1.54, 1.807) is 6.07 Å². The van der Waals surface area contributed by atoms with Gasteiger partial charge in [-0.25, -0.2) is 0 Å². The molecule has 0 spiro atoms. The number of amides is 1. The molecular weight excluding hydrogens is 348 g/mol. The lowest BCUT2D eigenvalue weighted by atomic mass is 10.2. The fourth-order valence-corrected chi connectivity index (χ4v) is 2.65. The molecule has 2 N–H and O–H groups in total. The smallest absolute Gasteiger partial charge is 0.252 e. The van der Waals surface area contributed by atoms with Crippen molar-refractivity contribution >= 4 is 37.8 Å². The maximum absolute atomic E-state index is 11.9.